The number of H-pyrrole nitrogens is 1. The van der Waals surface area contributed by atoms with Gasteiger partial charge in [-0.3, -0.25) is 9.69 Å². The van der Waals surface area contributed by atoms with Crippen LogP contribution < -0.4 is 19.9 Å². The maximum atomic E-state index is 12.7. The summed E-state index contributed by atoms with van der Waals surface area (Å²) in [5, 5.41) is 2.83. The van der Waals surface area contributed by atoms with E-state index in [4.69, 9.17) is 4.74 Å². The fourth-order valence-corrected chi connectivity index (χ4v) is 3.36. The maximum Gasteiger partial charge on any atom is 0.351 e. The predicted molar refractivity (Wildman–Crippen MR) is 110 cm³/mol. The van der Waals surface area contributed by atoms with Gasteiger partial charge in [-0.2, -0.15) is 0 Å². The number of nitrogens with one attached hydrogen (secondary N) is 2. The van der Waals surface area contributed by atoms with E-state index < -0.39 is 5.97 Å². The van der Waals surface area contributed by atoms with Crippen LogP contribution in [0.15, 0.2) is 72.9 Å². The lowest BCUT2D eigenvalue weighted by atomic mass is 10.2. The number of benzene rings is 2. The van der Waals surface area contributed by atoms with Crippen molar-refractivity contribution in [3.8, 4) is 5.75 Å². The van der Waals surface area contributed by atoms with Gasteiger partial charge in [-0.1, -0.05) is 18.2 Å². The smallest absolute Gasteiger partial charge is 0.351 e. The lowest BCUT2D eigenvalue weighted by Gasteiger charge is -2.12. The van der Waals surface area contributed by atoms with Crippen LogP contribution in [0.3, 0.4) is 0 Å². The average molecular weight is 388 g/mol. The molecule has 1 aromatic heterocycles. The molecule has 0 unspecified atom stereocenters. The molecule has 1 aliphatic rings. The van der Waals surface area contributed by atoms with Gasteiger partial charge in [-0.15, -0.1) is 0 Å². The van der Waals surface area contributed by atoms with Crippen LogP contribution in [0.4, 0.5) is 11.5 Å². The van der Waals surface area contributed by atoms with E-state index in [-0.39, 0.29) is 5.91 Å². The van der Waals surface area contributed by atoms with Crippen molar-refractivity contribution in [1.29, 1.82) is 0 Å². The van der Waals surface area contributed by atoms with Crippen molar-refractivity contribution in [2.24, 2.45) is 0 Å². The van der Waals surface area contributed by atoms with Crippen LogP contribution in [0.25, 0.3) is 0 Å². The number of amides is 1. The third-order valence-corrected chi connectivity index (χ3v) is 4.84. The van der Waals surface area contributed by atoms with E-state index in [2.05, 4.69) is 15.2 Å². The largest absolute Gasteiger partial charge is 0.423 e. The minimum Gasteiger partial charge on any atom is -0.423 e. The number of carbonyl (C=O) groups is 2. The summed E-state index contributed by atoms with van der Waals surface area (Å²) in [4.78, 5) is 30.3. The molecule has 6 nitrogen and oxygen atoms in total. The SMILES string of the molecule is O=C(Nc1ccc(OC(=O)c2ccc[nH+]c2N2CCCC2)cc1)c1ccccc1. The number of nitrogens with zero attached hydrogens (tertiary/aromatic N) is 1. The molecule has 2 N–H and O–H groups in total. The molecule has 146 valence electrons. The summed E-state index contributed by atoms with van der Waals surface area (Å²) in [6.07, 6.45) is 4.05. The van der Waals surface area contributed by atoms with Gasteiger partial charge in [0.1, 0.15) is 11.3 Å². The first-order valence-corrected chi connectivity index (χ1v) is 9.65. The van der Waals surface area contributed by atoms with Crippen molar-refractivity contribution in [3.05, 3.63) is 84.1 Å². The van der Waals surface area contributed by atoms with Gasteiger partial charge < -0.3 is 10.1 Å². The molecule has 1 aliphatic heterocycles. The minimum absolute atomic E-state index is 0.189. The Morgan fingerprint density at radius 3 is 2.34 bits per heavy atom. The Bertz CT molecular complexity index is 997. The van der Waals surface area contributed by atoms with Crippen molar-refractivity contribution >= 4 is 23.4 Å². The molecule has 4 rings (SSSR count). The Labute approximate surface area is 169 Å². The van der Waals surface area contributed by atoms with Gasteiger partial charge in [-0.05, 0) is 61.4 Å². The van der Waals surface area contributed by atoms with Gasteiger partial charge in [0.15, 0.2) is 0 Å². The zero-order valence-corrected chi connectivity index (χ0v) is 15.9. The quantitative estimate of drug-likeness (QED) is 0.536. The molecular weight excluding hydrogens is 366 g/mol. The highest BCUT2D eigenvalue weighted by molar-refractivity contribution is 6.04. The molecule has 2 aromatic carbocycles. The topological polar surface area (TPSA) is 72.8 Å². The fourth-order valence-electron chi connectivity index (χ4n) is 3.36. The van der Waals surface area contributed by atoms with Crippen molar-refractivity contribution in [1.82, 2.24) is 0 Å². The summed E-state index contributed by atoms with van der Waals surface area (Å²) >= 11 is 0. The maximum absolute atomic E-state index is 12.7. The number of esters is 1. The molecule has 0 aliphatic carbocycles. The first-order chi connectivity index (χ1) is 14.2. The number of hydrogen-bond acceptors (Lipinski definition) is 4. The molecule has 29 heavy (non-hydrogen) atoms. The lowest BCUT2D eigenvalue weighted by molar-refractivity contribution is -0.364. The molecule has 0 atom stereocenters. The standard InChI is InChI=1S/C23H21N3O3/c27-22(17-7-2-1-3-8-17)25-18-10-12-19(13-11-18)29-23(28)20-9-6-14-24-21(20)26-15-4-5-16-26/h1-3,6-14H,4-5,15-16H2,(H,25,27)/p+1. The summed E-state index contributed by atoms with van der Waals surface area (Å²) in [6, 6.07) is 19.3. The molecule has 0 saturated carbocycles. The van der Waals surface area contributed by atoms with Crippen LogP contribution in [0, 0.1) is 0 Å². The number of ether oxygens (including phenoxy) is 1. The van der Waals surface area contributed by atoms with Gasteiger partial charge in [-0.25, -0.2) is 9.78 Å². The van der Waals surface area contributed by atoms with Crippen LogP contribution in [0.5, 0.6) is 5.75 Å². The first kappa shape index (κ1) is 18.7. The van der Waals surface area contributed by atoms with Crippen molar-refractivity contribution < 1.29 is 19.3 Å². The van der Waals surface area contributed by atoms with Gasteiger partial charge in [0.2, 0.25) is 0 Å². The number of hydrogen-bond donors (Lipinski definition) is 1. The number of rotatable bonds is 5. The molecule has 1 fully saturated rings. The second-order valence-electron chi connectivity index (χ2n) is 6.86. The predicted octanol–water partition coefficient (Wildman–Crippen LogP) is 3.57. The molecule has 1 amide bonds. The van der Waals surface area contributed by atoms with E-state index in [1.165, 1.54) is 0 Å². The fraction of sp³-hybridized carbons (Fsp3) is 0.174. The van der Waals surface area contributed by atoms with E-state index in [0.29, 0.717) is 22.6 Å². The van der Waals surface area contributed by atoms with Crippen LogP contribution >= 0.6 is 0 Å². The van der Waals surface area contributed by atoms with E-state index in [1.54, 1.807) is 48.5 Å². The Morgan fingerprint density at radius 2 is 1.62 bits per heavy atom. The highest BCUT2D eigenvalue weighted by Crippen LogP contribution is 2.22. The molecule has 1 saturated heterocycles. The Morgan fingerprint density at radius 1 is 0.897 bits per heavy atom. The normalized spacial score (nSPS) is 13.2. The van der Waals surface area contributed by atoms with Crippen molar-refractivity contribution in [3.63, 3.8) is 0 Å². The van der Waals surface area contributed by atoms with Gasteiger partial charge >= 0.3 is 5.97 Å². The third-order valence-electron chi connectivity index (χ3n) is 4.84. The van der Waals surface area contributed by atoms with Gasteiger partial charge in [0.05, 0.1) is 19.3 Å². The number of aromatic amines is 1. The van der Waals surface area contributed by atoms with Gasteiger partial charge in [0.25, 0.3) is 11.7 Å². The summed E-state index contributed by atoms with van der Waals surface area (Å²) in [5.41, 5.74) is 1.72. The van der Waals surface area contributed by atoms with Crippen LogP contribution in [0.1, 0.15) is 33.6 Å². The molecular formula is C23H22N3O3+. The number of aromatic nitrogens is 1. The van der Waals surface area contributed by atoms with Crippen molar-refractivity contribution in [2.75, 3.05) is 23.3 Å². The highest BCUT2D eigenvalue weighted by Gasteiger charge is 2.27. The Balaban J connectivity index is 1.43. The summed E-state index contributed by atoms with van der Waals surface area (Å²) in [5.74, 6) is 0.612. The first-order valence-electron chi connectivity index (χ1n) is 9.65. The molecule has 0 spiro atoms. The lowest BCUT2D eigenvalue weighted by Crippen LogP contribution is -2.29. The molecule has 0 bridgehead atoms. The molecule has 6 heteroatoms. The van der Waals surface area contributed by atoms with Crippen LogP contribution in [-0.4, -0.2) is 25.0 Å². The van der Waals surface area contributed by atoms with Crippen molar-refractivity contribution in [2.45, 2.75) is 12.8 Å². The zero-order chi connectivity index (χ0) is 20.1. The summed E-state index contributed by atoms with van der Waals surface area (Å²) in [6.45, 7) is 1.85. The Kier molecular flexibility index (Phi) is 5.52. The average Bonchev–Trinajstić information content (AvgIpc) is 3.30. The van der Waals surface area contributed by atoms with E-state index in [1.807, 2.05) is 24.4 Å². The number of anilines is 2. The zero-order valence-electron chi connectivity index (χ0n) is 15.9. The monoisotopic (exact) mass is 388 g/mol. The van der Waals surface area contributed by atoms with E-state index in [9.17, 15) is 9.59 Å². The Hall–Kier alpha value is -3.67. The summed E-state index contributed by atoms with van der Waals surface area (Å²) in [7, 11) is 0. The highest BCUT2D eigenvalue weighted by atomic mass is 16.5. The van der Waals surface area contributed by atoms with Crippen LogP contribution in [-0.2, 0) is 0 Å². The third kappa shape index (κ3) is 4.43. The number of carbonyl (C=O) groups excluding carboxylic acids is 2. The molecule has 0 radical (unpaired) electrons. The van der Waals surface area contributed by atoms with Gasteiger partial charge in [0, 0.05) is 11.3 Å². The molecule has 2 heterocycles. The van der Waals surface area contributed by atoms with Crippen LogP contribution in [0.2, 0.25) is 0 Å². The molecule has 3 aromatic rings. The summed E-state index contributed by atoms with van der Waals surface area (Å²) < 4.78 is 5.55. The van der Waals surface area contributed by atoms with E-state index in [0.717, 1.165) is 31.7 Å². The second-order valence-corrected chi connectivity index (χ2v) is 6.86. The number of pyridine rings is 1. The second kappa shape index (κ2) is 8.56. The van der Waals surface area contributed by atoms with E-state index >= 15 is 0 Å². The minimum atomic E-state index is -0.412.